The van der Waals surface area contributed by atoms with Crippen molar-refractivity contribution in [2.24, 2.45) is 0 Å². The fourth-order valence-electron chi connectivity index (χ4n) is 4.26. The highest BCUT2D eigenvalue weighted by Crippen LogP contribution is 2.37. The van der Waals surface area contributed by atoms with E-state index in [-0.39, 0.29) is 6.42 Å². The summed E-state index contributed by atoms with van der Waals surface area (Å²) >= 11 is 0. The molecule has 1 aromatic heterocycles. The molecule has 0 amide bonds. The van der Waals surface area contributed by atoms with E-state index in [0.717, 1.165) is 51.0 Å². The Morgan fingerprint density at radius 3 is 1.97 bits per heavy atom. The zero-order valence-electron chi connectivity index (χ0n) is 18.2. The summed E-state index contributed by atoms with van der Waals surface area (Å²) in [4.78, 5) is 10.8. The Kier molecular flexibility index (Phi) is 5.77. The van der Waals surface area contributed by atoms with Crippen LogP contribution in [0.4, 0.5) is 0 Å². The highest BCUT2D eigenvalue weighted by atomic mass is 16.4. The number of rotatable bonds is 7. The van der Waals surface area contributed by atoms with Gasteiger partial charge in [-0.15, -0.1) is 0 Å². The third-order valence-electron chi connectivity index (χ3n) is 5.96. The summed E-state index contributed by atoms with van der Waals surface area (Å²) in [6, 6.07) is 35.3. The smallest absolute Gasteiger partial charge is 0.303 e. The normalized spacial score (nSPS) is 11.0. The molecule has 5 aromatic rings. The largest absolute Gasteiger partial charge is 0.481 e. The third-order valence-corrected chi connectivity index (χ3v) is 5.96. The molecule has 0 bridgehead atoms. The van der Waals surface area contributed by atoms with Gasteiger partial charge in [-0.2, -0.15) is 0 Å². The van der Waals surface area contributed by atoms with Crippen molar-refractivity contribution in [2.75, 3.05) is 0 Å². The molecule has 1 N–H and O–H groups in total. The molecule has 0 saturated heterocycles. The molecule has 0 spiro atoms. The number of fused-ring (bicyclic) bond motifs is 1. The first-order valence-corrected chi connectivity index (χ1v) is 11.1. The Morgan fingerprint density at radius 2 is 1.27 bits per heavy atom. The molecule has 162 valence electrons. The van der Waals surface area contributed by atoms with Gasteiger partial charge < -0.3 is 9.52 Å². The van der Waals surface area contributed by atoms with Crippen molar-refractivity contribution in [1.82, 2.24) is 0 Å². The molecule has 4 aromatic carbocycles. The van der Waals surface area contributed by atoms with E-state index in [1.54, 1.807) is 0 Å². The number of furan rings is 1. The van der Waals surface area contributed by atoms with Crippen molar-refractivity contribution < 1.29 is 14.3 Å². The lowest BCUT2D eigenvalue weighted by molar-refractivity contribution is -0.136. The molecule has 0 atom stereocenters. The Bertz CT molecular complexity index is 1380. The van der Waals surface area contributed by atoms with E-state index >= 15 is 0 Å². The summed E-state index contributed by atoms with van der Waals surface area (Å²) in [5.41, 5.74) is 7.67. The predicted octanol–water partition coefficient (Wildman–Crippen LogP) is 7.37. The maximum Gasteiger partial charge on any atom is 0.303 e. The van der Waals surface area contributed by atoms with Crippen molar-refractivity contribution >= 4 is 16.9 Å². The molecule has 0 aliphatic rings. The molecule has 0 fully saturated rings. The standard InChI is InChI=1S/C30H24O3/c31-29(32)19-12-21-10-13-23(14-11-21)24-15-17-25(18-16-24)30-26-8-4-5-9-27(26)33-28(30)20-22-6-2-1-3-7-22/h1-11,13-18H,12,19-20H2,(H,31,32). The minimum Gasteiger partial charge on any atom is -0.481 e. The van der Waals surface area contributed by atoms with Crippen LogP contribution in [0, 0.1) is 0 Å². The van der Waals surface area contributed by atoms with Crippen LogP contribution < -0.4 is 0 Å². The molecule has 0 saturated carbocycles. The second-order valence-corrected chi connectivity index (χ2v) is 8.23. The van der Waals surface area contributed by atoms with E-state index in [0.29, 0.717) is 6.42 Å². The molecule has 1 heterocycles. The molecule has 0 unspecified atom stereocenters. The van der Waals surface area contributed by atoms with Crippen molar-refractivity contribution in [2.45, 2.75) is 19.3 Å². The fraction of sp³-hybridized carbons (Fsp3) is 0.100. The van der Waals surface area contributed by atoms with Gasteiger partial charge in [-0.05, 0) is 40.3 Å². The Morgan fingerprint density at radius 1 is 0.667 bits per heavy atom. The molecular weight excluding hydrogens is 408 g/mol. The number of carbonyl (C=O) groups is 1. The van der Waals surface area contributed by atoms with Crippen molar-refractivity contribution in [3.05, 3.63) is 120 Å². The highest BCUT2D eigenvalue weighted by Gasteiger charge is 2.16. The number of carboxylic acid groups (broad SMARTS) is 1. The van der Waals surface area contributed by atoms with Crippen LogP contribution in [0.1, 0.15) is 23.3 Å². The third kappa shape index (κ3) is 4.58. The Balaban J connectivity index is 1.46. The summed E-state index contributed by atoms with van der Waals surface area (Å²) in [6.07, 6.45) is 1.44. The summed E-state index contributed by atoms with van der Waals surface area (Å²) in [5, 5.41) is 10.00. The maximum atomic E-state index is 10.8. The number of aliphatic carboxylic acids is 1. The summed E-state index contributed by atoms with van der Waals surface area (Å²) < 4.78 is 6.28. The Labute approximate surface area is 192 Å². The molecule has 0 radical (unpaired) electrons. The number of hydrogen-bond donors (Lipinski definition) is 1. The highest BCUT2D eigenvalue weighted by molar-refractivity contribution is 5.96. The zero-order chi connectivity index (χ0) is 22.6. The molecular formula is C30H24O3. The first-order chi connectivity index (χ1) is 16.2. The summed E-state index contributed by atoms with van der Waals surface area (Å²) in [7, 11) is 0. The van der Waals surface area contributed by atoms with E-state index in [9.17, 15) is 4.79 Å². The minimum atomic E-state index is -0.770. The van der Waals surface area contributed by atoms with Gasteiger partial charge in [-0.25, -0.2) is 0 Å². The van der Waals surface area contributed by atoms with Gasteiger partial charge in [0.1, 0.15) is 11.3 Å². The van der Waals surface area contributed by atoms with E-state index in [4.69, 9.17) is 9.52 Å². The monoisotopic (exact) mass is 432 g/mol. The summed E-state index contributed by atoms with van der Waals surface area (Å²) in [5.74, 6) is 0.200. The average Bonchev–Trinajstić information content (AvgIpc) is 3.21. The zero-order valence-corrected chi connectivity index (χ0v) is 18.2. The number of aryl methyl sites for hydroxylation is 1. The van der Waals surface area contributed by atoms with Gasteiger partial charge in [-0.1, -0.05) is 97.1 Å². The number of para-hydroxylation sites is 1. The van der Waals surface area contributed by atoms with E-state index in [1.165, 1.54) is 5.56 Å². The minimum absolute atomic E-state index is 0.151. The SMILES string of the molecule is O=C(O)CCc1ccc(-c2ccc(-c3c(Cc4ccccc4)oc4ccccc34)cc2)cc1. The molecule has 3 nitrogen and oxygen atoms in total. The summed E-state index contributed by atoms with van der Waals surface area (Å²) in [6.45, 7) is 0. The van der Waals surface area contributed by atoms with Crippen LogP contribution in [0.25, 0.3) is 33.2 Å². The number of hydrogen-bond acceptors (Lipinski definition) is 2. The quantitative estimate of drug-likeness (QED) is 0.292. The van der Waals surface area contributed by atoms with E-state index in [1.807, 2.05) is 36.4 Å². The van der Waals surface area contributed by atoms with Crippen LogP contribution in [-0.4, -0.2) is 11.1 Å². The Hall–Kier alpha value is -4.11. The molecule has 3 heteroatoms. The lowest BCUT2D eigenvalue weighted by atomic mass is 9.96. The van der Waals surface area contributed by atoms with Crippen molar-refractivity contribution in [3.8, 4) is 22.3 Å². The van der Waals surface area contributed by atoms with Gasteiger partial charge in [0.25, 0.3) is 0 Å². The molecule has 0 aliphatic heterocycles. The van der Waals surface area contributed by atoms with Crippen LogP contribution in [0.2, 0.25) is 0 Å². The van der Waals surface area contributed by atoms with Gasteiger partial charge in [0, 0.05) is 23.8 Å². The maximum absolute atomic E-state index is 10.8. The lowest BCUT2D eigenvalue weighted by Gasteiger charge is -2.08. The van der Waals surface area contributed by atoms with E-state index < -0.39 is 5.97 Å². The second-order valence-electron chi connectivity index (χ2n) is 8.23. The van der Waals surface area contributed by atoms with Crippen LogP contribution in [0.5, 0.6) is 0 Å². The van der Waals surface area contributed by atoms with Gasteiger partial charge >= 0.3 is 5.97 Å². The lowest BCUT2D eigenvalue weighted by Crippen LogP contribution is -1.97. The topological polar surface area (TPSA) is 50.4 Å². The number of benzene rings is 4. The van der Waals surface area contributed by atoms with Crippen molar-refractivity contribution in [3.63, 3.8) is 0 Å². The van der Waals surface area contributed by atoms with Gasteiger partial charge in [-0.3, -0.25) is 4.79 Å². The first-order valence-electron chi connectivity index (χ1n) is 11.1. The molecule has 5 rings (SSSR count). The van der Waals surface area contributed by atoms with Gasteiger partial charge in [0.15, 0.2) is 0 Å². The number of carboxylic acids is 1. The first kappa shape index (κ1) is 20.8. The van der Waals surface area contributed by atoms with E-state index in [2.05, 4.69) is 66.7 Å². The predicted molar refractivity (Wildman–Crippen MR) is 132 cm³/mol. The second kappa shape index (κ2) is 9.17. The van der Waals surface area contributed by atoms with Crippen LogP contribution >= 0.6 is 0 Å². The van der Waals surface area contributed by atoms with Crippen LogP contribution in [-0.2, 0) is 17.6 Å². The van der Waals surface area contributed by atoms with Gasteiger partial charge in [0.05, 0.1) is 0 Å². The average molecular weight is 433 g/mol. The molecule has 0 aliphatic carbocycles. The van der Waals surface area contributed by atoms with Crippen molar-refractivity contribution in [1.29, 1.82) is 0 Å². The van der Waals surface area contributed by atoms with Crippen LogP contribution in [0.3, 0.4) is 0 Å². The van der Waals surface area contributed by atoms with Gasteiger partial charge in [0.2, 0.25) is 0 Å². The fourth-order valence-corrected chi connectivity index (χ4v) is 4.26. The van der Waals surface area contributed by atoms with Crippen LogP contribution in [0.15, 0.2) is 108 Å². The molecule has 33 heavy (non-hydrogen) atoms.